The topological polar surface area (TPSA) is 113 Å². The summed E-state index contributed by atoms with van der Waals surface area (Å²) in [6, 6.07) is 2.23. The second-order valence-corrected chi connectivity index (χ2v) is 5.10. The highest BCUT2D eigenvalue weighted by atomic mass is 16.2. The van der Waals surface area contributed by atoms with Gasteiger partial charge in [0.15, 0.2) is 0 Å². The Morgan fingerprint density at radius 3 is 2.06 bits per heavy atom. The van der Waals surface area contributed by atoms with Crippen LogP contribution in [-0.2, 0) is 9.59 Å². The van der Waals surface area contributed by atoms with Gasteiger partial charge in [-0.05, 0) is 33.2 Å². The van der Waals surface area contributed by atoms with Gasteiger partial charge in [-0.1, -0.05) is 6.42 Å². The van der Waals surface area contributed by atoms with E-state index in [0.717, 1.165) is 19.3 Å². The van der Waals surface area contributed by atoms with Crippen LogP contribution in [0, 0.1) is 16.7 Å². The average Bonchev–Trinajstić information content (AvgIpc) is 2.22. The van der Waals surface area contributed by atoms with Gasteiger partial charge < -0.3 is 11.5 Å². The van der Waals surface area contributed by atoms with E-state index in [1.807, 2.05) is 13.8 Å². The Kier molecular flexibility index (Phi) is 6.98. The molecular formula is C12H22N4O2. The summed E-state index contributed by atoms with van der Waals surface area (Å²) >= 11 is 0. The molecule has 0 spiro atoms. The van der Waals surface area contributed by atoms with Crippen LogP contribution in [0.4, 0.5) is 0 Å². The lowest BCUT2D eigenvalue weighted by molar-refractivity contribution is -0.121. The van der Waals surface area contributed by atoms with Gasteiger partial charge in [-0.2, -0.15) is 5.26 Å². The lowest BCUT2D eigenvalue weighted by Crippen LogP contribution is -2.40. The first-order valence-corrected chi connectivity index (χ1v) is 5.97. The van der Waals surface area contributed by atoms with E-state index < -0.39 is 11.8 Å². The summed E-state index contributed by atoms with van der Waals surface area (Å²) in [4.78, 5) is 23.3. The molecule has 6 heteroatoms. The quantitative estimate of drug-likeness (QED) is 0.563. The molecule has 0 rings (SSSR count). The molecule has 0 aromatic carbocycles. The Morgan fingerprint density at radius 2 is 1.67 bits per heavy atom. The van der Waals surface area contributed by atoms with E-state index in [9.17, 15) is 9.59 Å². The number of rotatable bonds is 9. The molecule has 0 aromatic heterocycles. The minimum absolute atomic E-state index is 0.0323. The highest BCUT2D eigenvalue weighted by Gasteiger charge is 2.16. The first kappa shape index (κ1) is 16.4. The van der Waals surface area contributed by atoms with Crippen LogP contribution in [0.15, 0.2) is 0 Å². The van der Waals surface area contributed by atoms with Crippen LogP contribution in [-0.4, -0.2) is 36.3 Å². The van der Waals surface area contributed by atoms with E-state index in [2.05, 4.69) is 6.07 Å². The number of hydrogen-bond donors (Lipinski definition) is 2. The number of nitriles is 1. The number of carbonyl (C=O) groups is 2. The summed E-state index contributed by atoms with van der Waals surface area (Å²) in [7, 11) is 0. The third kappa shape index (κ3) is 8.53. The minimum atomic E-state index is -0.478. The maximum atomic E-state index is 10.8. The largest absolute Gasteiger partial charge is 0.369 e. The van der Waals surface area contributed by atoms with E-state index in [0.29, 0.717) is 6.54 Å². The van der Waals surface area contributed by atoms with Gasteiger partial charge in [-0.25, -0.2) is 0 Å². The predicted molar refractivity (Wildman–Crippen MR) is 68.1 cm³/mol. The number of unbranched alkanes of at least 4 members (excludes halogenated alkanes) is 1. The summed E-state index contributed by atoms with van der Waals surface area (Å²) in [6.07, 6.45) is 2.44. The Morgan fingerprint density at radius 1 is 1.17 bits per heavy atom. The van der Waals surface area contributed by atoms with E-state index >= 15 is 0 Å². The standard InChI is InChI=1S/C12H22N4O2/c1-12(2,9-13)5-3-4-6-16(7-10(14)17)8-11(15)18/h3-8H2,1-2H3,(H2,14,17)(H2,15,18). The zero-order chi connectivity index (χ0) is 14.2. The van der Waals surface area contributed by atoms with Crippen molar-refractivity contribution in [2.45, 2.75) is 33.1 Å². The maximum absolute atomic E-state index is 10.8. The summed E-state index contributed by atoms with van der Waals surface area (Å²) in [5.74, 6) is -0.956. The molecule has 0 aliphatic heterocycles. The maximum Gasteiger partial charge on any atom is 0.231 e. The number of carbonyl (C=O) groups excluding carboxylic acids is 2. The van der Waals surface area contributed by atoms with Gasteiger partial charge in [0.05, 0.1) is 24.6 Å². The minimum Gasteiger partial charge on any atom is -0.369 e. The van der Waals surface area contributed by atoms with Crippen LogP contribution in [0.25, 0.3) is 0 Å². The second kappa shape index (κ2) is 7.67. The fourth-order valence-corrected chi connectivity index (χ4v) is 1.61. The first-order chi connectivity index (χ1) is 8.26. The SMILES string of the molecule is CC(C)(C#N)CCCCN(CC(N)=O)CC(N)=O. The van der Waals surface area contributed by atoms with E-state index in [-0.39, 0.29) is 18.5 Å². The molecule has 2 amide bonds. The van der Waals surface area contributed by atoms with Gasteiger partial charge in [-0.15, -0.1) is 0 Å². The zero-order valence-electron chi connectivity index (χ0n) is 11.1. The number of nitrogens with two attached hydrogens (primary N) is 2. The molecular weight excluding hydrogens is 232 g/mol. The molecule has 0 bridgehead atoms. The van der Waals surface area contributed by atoms with Gasteiger partial charge >= 0.3 is 0 Å². The van der Waals surface area contributed by atoms with Gasteiger partial charge in [0.1, 0.15) is 0 Å². The van der Waals surface area contributed by atoms with E-state index in [1.165, 1.54) is 0 Å². The van der Waals surface area contributed by atoms with Gasteiger partial charge in [0, 0.05) is 0 Å². The Hall–Kier alpha value is -1.61. The van der Waals surface area contributed by atoms with Crippen molar-refractivity contribution in [3.8, 4) is 6.07 Å². The average molecular weight is 254 g/mol. The van der Waals surface area contributed by atoms with Gasteiger partial charge in [-0.3, -0.25) is 14.5 Å². The van der Waals surface area contributed by atoms with E-state index in [1.54, 1.807) is 4.90 Å². The molecule has 18 heavy (non-hydrogen) atoms. The van der Waals surface area contributed by atoms with Crippen molar-refractivity contribution < 1.29 is 9.59 Å². The summed E-state index contributed by atoms with van der Waals surface area (Å²) in [6.45, 7) is 4.41. The van der Waals surface area contributed by atoms with Crippen molar-refractivity contribution in [3.63, 3.8) is 0 Å². The van der Waals surface area contributed by atoms with E-state index in [4.69, 9.17) is 16.7 Å². The fraction of sp³-hybridized carbons (Fsp3) is 0.750. The van der Waals surface area contributed by atoms with Gasteiger partial charge in [0.2, 0.25) is 11.8 Å². The lowest BCUT2D eigenvalue weighted by atomic mass is 9.89. The molecule has 0 radical (unpaired) electrons. The normalized spacial score (nSPS) is 11.2. The van der Waals surface area contributed by atoms with Crippen molar-refractivity contribution in [1.82, 2.24) is 4.90 Å². The van der Waals surface area contributed by atoms with Crippen LogP contribution in [0.5, 0.6) is 0 Å². The molecule has 6 nitrogen and oxygen atoms in total. The fourth-order valence-electron chi connectivity index (χ4n) is 1.61. The van der Waals surface area contributed by atoms with Crippen LogP contribution in [0.1, 0.15) is 33.1 Å². The van der Waals surface area contributed by atoms with Crippen LogP contribution in [0.2, 0.25) is 0 Å². The molecule has 0 aromatic rings. The second-order valence-electron chi connectivity index (χ2n) is 5.10. The van der Waals surface area contributed by atoms with Crippen molar-refractivity contribution >= 4 is 11.8 Å². The summed E-state index contributed by atoms with van der Waals surface area (Å²) < 4.78 is 0. The lowest BCUT2D eigenvalue weighted by Gasteiger charge is -2.20. The molecule has 0 unspecified atom stereocenters. The van der Waals surface area contributed by atoms with Crippen molar-refractivity contribution in [1.29, 1.82) is 5.26 Å². The summed E-state index contributed by atoms with van der Waals surface area (Å²) in [5.41, 5.74) is 9.84. The molecule has 0 aliphatic rings. The smallest absolute Gasteiger partial charge is 0.231 e. The van der Waals surface area contributed by atoms with Gasteiger partial charge in [0.25, 0.3) is 0 Å². The molecule has 0 fully saturated rings. The monoisotopic (exact) mass is 254 g/mol. The molecule has 0 aliphatic carbocycles. The number of primary amides is 2. The van der Waals surface area contributed by atoms with Crippen molar-refractivity contribution in [3.05, 3.63) is 0 Å². The number of hydrogen-bond acceptors (Lipinski definition) is 4. The van der Waals surface area contributed by atoms with Crippen LogP contribution >= 0.6 is 0 Å². The number of amides is 2. The third-order valence-electron chi connectivity index (χ3n) is 2.59. The third-order valence-corrected chi connectivity index (χ3v) is 2.59. The molecule has 0 saturated carbocycles. The molecule has 0 saturated heterocycles. The Bertz CT molecular complexity index is 317. The Balaban J connectivity index is 4.01. The van der Waals surface area contributed by atoms with Crippen molar-refractivity contribution in [2.75, 3.05) is 19.6 Å². The van der Waals surface area contributed by atoms with Crippen LogP contribution < -0.4 is 11.5 Å². The Labute approximate surface area is 108 Å². The molecule has 0 atom stereocenters. The summed E-state index contributed by atoms with van der Waals surface area (Å²) in [5, 5.41) is 8.86. The highest BCUT2D eigenvalue weighted by molar-refractivity contribution is 5.79. The van der Waals surface area contributed by atoms with Crippen LogP contribution in [0.3, 0.4) is 0 Å². The number of nitrogens with zero attached hydrogens (tertiary/aromatic N) is 2. The molecule has 4 N–H and O–H groups in total. The predicted octanol–water partition coefficient (Wildman–Crippen LogP) is -0.0209. The first-order valence-electron chi connectivity index (χ1n) is 5.97. The molecule has 0 heterocycles. The van der Waals surface area contributed by atoms with Crippen molar-refractivity contribution in [2.24, 2.45) is 16.9 Å². The molecule has 102 valence electrons. The zero-order valence-corrected chi connectivity index (χ0v) is 11.1. The highest BCUT2D eigenvalue weighted by Crippen LogP contribution is 2.21.